The van der Waals surface area contributed by atoms with Gasteiger partial charge < -0.3 is 20.4 Å². The van der Waals surface area contributed by atoms with Crippen LogP contribution in [0.15, 0.2) is 10.4 Å². The summed E-state index contributed by atoms with van der Waals surface area (Å²) in [6, 6.07) is 0.502. The third-order valence-electron chi connectivity index (χ3n) is 5.27. The number of anilines is 1. The van der Waals surface area contributed by atoms with Crippen LogP contribution in [0.4, 0.5) is 5.13 Å². The SMILES string of the molecule is CCNC(=NCc1csc(N(C)C)n1)NC1CCN(CC2CCCC2)C1.I. The third-order valence-corrected chi connectivity index (χ3v) is 6.33. The van der Waals surface area contributed by atoms with Crippen LogP contribution in [-0.4, -0.2) is 62.2 Å². The molecule has 154 valence electrons. The molecule has 2 aliphatic rings. The fraction of sp³-hybridized carbons (Fsp3) is 0.789. The summed E-state index contributed by atoms with van der Waals surface area (Å²) in [6.07, 6.45) is 6.94. The first kappa shape index (κ1) is 22.7. The lowest BCUT2D eigenvalue weighted by Crippen LogP contribution is -2.44. The fourth-order valence-corrected chi connectivity index (χ4v) is 4.67. The summed E-state index contributed by atoms with van der Waals surface area (Å²) in [7, 11) is 4.05. The summed E-state index contributed by atoms with van der Waals surface area (Å²) in [4.78, 5) is 14.0. The highest BCUT2D eigenvalue weighted by molar-refractivity contribution is 14.0. The molecule has 1 aliphatic carbocycles. The van der Waals surface area contributed by atoms with Gasteiger partial charge in [-0.1, -0.05) is 12.8 Å². The minimum Gasteiger partial charge on any atom is -0.357 e. The Labute approximate surface area is 185 Å². The monoisotopic (exact) mass is 506 g/mol. The number of thiazole rings is 1. The summed E-state index contributed by atoms with van der Waals surface area (Å²) in [5.41, 5.74) is 1.03. The molecule has 2 N–H and O–H groups in total. The number of hydrogen-bond donors (Lipinski definition) is 2. The van der Waals surface area contributed by atoms with Gasteiger partial charge in [-0.25, -0.2) is 9.98 Å². The molecule has 8 heteroatoms. The number of halogens is 1. The van der Waals surface area contributed by atoms with Crippen molar-refractivity contribution in [2.24, 2.45) is 10.9 Å². The van der Waals surface area contributed by atoms with Crippen LogP contribution < -0.4 is 15.5 Å². The maximum absolute atomic E-state index is 4.75. The van der Waals surface area contributed by atoms with Gasteiger partial charge in [0.05, 0.1) is 12.2 Å². The normalized spacial score (nSPS) is 21.3. The summed E-state index contributed by atoms with van der Waals surface area (Å²) in [6.45, 7) is 7.26. The Morgan fingerprint density at radius 2 is 2.11 bits per heavy atom. The molecule has 27 heavy (non-hydrogen) atoms. The number of nitrogens with one attached hydrogen (secondary N) is 2. The van der Waals surface area contributed by atoms with Crippen molar-refractivity contribution in [2.45, 2.75) is 51.6 Å². The average Bonchev–Trinajstić information content (AvgIpc) is 3.35. The third kappa shape index (κ3) is 7.05. The second-order valence-corrected chi connectivity index (χ2v) is 8.59. The summed E-state index contributed by atoms with van der Waals surface area (Å²) >= 11 is 1.67. The van der Waals surface area contributed by atoms with Crippen molar-refractivity contribution < 1.29 is 0 Å². The number of guanidine groups is 1. The van der Waals surface area contributed by atoms with Crippen molar-refractivity contribution in [3.8, 4) is 0 Å². The van der Waals surface area contributed by atoms with Crippen LogP contribution in [-0.2, 0) is 6.54 Å². The van der Waals surface area contributed by atoms with Crippen LogP contribution in [0.25, 0.3) is 0 Å². The minimum atomic E-state index is 0. The van der Waals surface area contributed by atoms with Gasteiger partial charge in [0, 0.05) is 51.7 Å². The van der Waals surface area contributed by atoms with E-state index < -0.39 is 0 Å². The smallest absolute Gasteiger partial charge is 0.191 e. The van der Waals surface area contributed by atoms with Crippen LogP contribution in [0.5, 0.6) is 0 Å². The summed E-state index contributed by atoms with van der Waals surface area (Å²) in [5.74, 6) is 1.85. The molecule has 2 heterocycles. The van der Waals surface area contributed by atoms with E-state index in [-0.39, 0.29) is 24.0 Å². The van der Waals surface area contributed by atoms with Gasteiger partial charge in [-0.15, -0.1) is 35.3 Å². The van der Waals surface area contributed by atoms with Gasteiger partial charge >= 0.3 is 0 Å². The highest BCUT2D eigenvalue weighted by Crippen LogP contribution is 2.26. The van der Waals surface area contributed by atoms with Crippen LogP contribution >= 0.6 is 35.3 Å². The van der Waals surface area contributed by atoms with E-state index in [0.29, 0.717) is 12.6 Å². The van der Waals surface area contributed by atoms with E-state index in [4.69, 9.17) is 4.99 Å². The molecule has 1 saturated carbocycles. The van der Waals surface area contributed by atoms with Crippen molar-refractivity contribution in [1.29, 1.82) is 0 Å². The lowest BCUT2D eigenvalue weighted by Gasteiger charge is -2.21. The molecule has 6 nitrogen and oxygen atoms in total. The van der Waals surface area contributed by atoms with Crippen LogP contribution in [0.3, 0.4) is 0 Å². The van der Waals surface area contributed by atoms with Crippen LogP contribution in [0.2, 0.25) is 0 Å². The molecule has 0 spiro atoms. The van der Waals surface area contributed by atoms with Crippen LogP contribution in [0.1, 0.15) is 44.7 Å². The van der Waals surface area contributed by atoms with Gasteiger partial charge in [0.2, 0.25) is 0 Å². The predicted molar refractivity (Wildman–Crippen MR) is 127 cm³/mol. The van der Waals surface area contributed by atoms with E-state index in [2.05, 4.69) is 32.8 Å². The Bertz CT molecular complexity index is 585. The van der Waals surface area contributed by atoms with E-state index in [9.17, 15) is 0 Å². The molecule has 1 unspecified atom stereocenters. The standard InChI is InChI=1S/C19H34N6S.HI/c1-4-20-18(21-11-17-14-26-19(23-17)24(2)3)22-16-9-10-25(13-16)12-15-7-5-6-8-15;/h14-16H,4-13H2,1-3H3,(H2,20,21,22);1H. The van der Waals surface area contributed by atoms with Gasteiger partial charge in [-0.3, -0.25) is 0 Å². The number of aliphatic imine (C=N–C) groups is 1. The number of nitrogens with zero attached hydrogens (tertiary/aromatic N) is 4. The molecule has 1 aromatic heterocycles. The first-order valence-electron chi connectivity index (χ1n) is 10.0. The predicted octanol–water partition coefficient (Wildman–Crippen LogP) is 3.15. The molecule has 0 bridgehead atoms. The Hall–Kier alpha value is -0.610. The van der Waals surface area contributed by atoms with Crippen molar-refractivity contribution in [3.05, 3.63) is 11.1 Å². The van der Waals surface area contributed by atoms with Gasteiger partial charge in [0.25, 0.3) is 0 Å². The Morgan fingerprint density at radius 1 is 1.33 bits per heavy atom. The molecule has 0 amide bonds. The maximum Gasteiger partial charge on any atom is 0.191 e. The second-order valence-electron chi connectivity index (χ2n) is 7.75. The summed E-state index contributed by atoms with van der Waals surface area (Å²) < 4.78 is 0. The van der Waals surface area contributed by atoms with E-state index in [1.165, 1.54) is 45.2 Å². The zero-order valence-electron chi connectivity index (χ0n) is 16.9. The lowest BCUT2D eigenvalue weighted by atomic mass is 10.1. The van der Waals surface area contributed by atoms with Crippen molar-refractivity contribution in [1.82, 2.24) is 20.5 Å². The topological polar surface area (TPSA) is 55.8 Å². The number of hydrogen-bond acceptors (Lipinski definition) is 5. The Balaban J connectivity index is 0.00000261. The summed E-state index contributed by atoms with van der Waals surface area (Å²) in [5, 5.41) is 10.1. The van der Waals surface area contributed by atoms with E-state index in [1.54, 1.807) is 11.3 Å². The maximum atomic E-state index is 4.75. The molecule has 2 fully saturated rings. The first-order chi connectivity index (χ1) is 12.6. The Morgan fingerprint density at radius 3 is 2.78 bits per heavy atom. The fourth-order valence-electron chi connectivity index (χ4n) is 3.92. The quantitative estimate of drug-likeness (QED) is 0.338. The van der Waals surface area contributed by atoms with Gasteiger partial charge in [0.1, 0.15) is 0 Å². The molecule has 1 saturated heterocycles. The molecular formula is C19H35IN6S. The number of aromatic nitrogens is 1. The van der Waals surface area contributed by atoms with Crippen LogP contribution in [0, 0.1) is 5.92 Å². The van der Waals surface area contributed by atoms with Crippen molar-refractivity contribution in [3.63, 3.8) is 0 Å². The molecule has 1 aliphatic heterocycles. The minimum absolute atomic E-state index is 0. The van der Waals surface area contributed by atoms with E-state index >= 15 is 0 Å². The molecule has 0 aromatic carbocycles. The first-order valence-corrected chi connectivity index (χ1v) is 10.9. The van der Waals surface area contributed by atoms with E-state index in [0.717, 1.165) is 35.8 Å². The molecule has 1 atom stereocenters. The van der Waals surface area contributed by atoms with E-state index in [1.807, 2.05) is 19.0 Å². The molecule has 0 radical (unpaired) electrons. The molecular weight excluding hydrogens is 471 g/mol. The van der Waals surface area contributed by atoms with Crippen molar-refractivity contribution >= 4 is 46.4 Å². The molecule has 3 rings (SSSR count). The van der Waals surface area contributed by atoms with Crippen molar-refractivity contribution in [2.75, 3.05) is 45.2 Å². The zero-order chi connectivity index (χ0) is 18.4. The lowest BCUT2D eigenvalue weighted by molar-refractivity contribution is 0.275. The zero-order valence-corrected chi connectivity index (χ0v) is 20.1. The largest absolute Gasteiger partial charge is 0.357 e. The van der Waals surface area contributed by atoms with Gasteiger partial charge in [0.15, 0.2) is 11.1 Å². The van der Waals surface area contributed by atoms with Gasteiger partial charge in [-0.05, 0) is 32.1 Å². The molecule has 1 aromatic rings. The Kier molecular flexibility index (Phi) is 9.58. The highest BCUT2D eigenvalue weighted by Gasteiger charge is 2.26. The van der Waals surface area contributed by atoms with Gasteiger partial charge in [-0.2, -0.15) is 0 Å². The number of likely N-dealkylation sites (tertiary alicyclic amines) is 1. The number of rotatable bonds is 7. The average molecular weight is 507 g/mol. The highest BCUT2D eigenvalue weighted by atomic mass is 127. The second kappa shape index (κ2) is 11.4.